The molecule has 0 saturated heterocycles. The number of benzene rings is 2. The highest BCUT2D eigenvalue weighted by Gasteiger charge is 2.31. The predicted molar refractivity (Wildman–Crippen MR) is 117 cm³/mol. The monoisotopic (exact) mass is 428 g/mol. The third kappa shape index (κ3) is 8.59. The summed E-state index contributed by atoms with van der Waals surface area (Å²) in [4.78, 5) is 36.1. The van der Waals surface area contributed by atoms with Crippen LogP contribution in [0.3, 0.4) is 0 Å². The Labute approximate surface area is 184 Å². The topological polar surface area (TPSA) is 85.9 Å². The number of ether oxygens (including phenoxy) is 1. The molecule has 2 rings (SSSR count). The molecule has 2 aromatic carbocycles. The fourth-order valence-corrected chi connectivity index (χ4v) is 2.72. The van der Waals surface area contributed by atoms with Crippen LogP contribution in [-0.2, 0) is 37.2 Å². The highest BCUT2D eigenvalue weighted by molar-refractivity contribution is 5.91. The van der Waals surface area contributed by atoms with Crippen molar-refractivity contribution in [2.45, 2.75) is 53.0 Å². The molecule has 0 saturated carbocycles. The summed E-state index contributed by atoms with van der Waals surface area (Å²) in [7, 11) is 0. The molecule has 0 fully saturated rings. The van der Waals surface area contributed by atoms with Crippen molar-refractivity contribution in [1.82, 2.24) is 11.0 Å². The van der Waals surface area contributed by atoms with E-state index in [9.17, 15) is 9.59 Å². The van der Waals surface area contributed by atoms with Gasteiger partial charge in [-0.25, -0.2) is 9.59 Å². The molecule has 7 nitrogen and oxygen atoms in total. The Balaban J connectivity index is 1.86. The van der Waals surface area contributed by atoms with E-state index in [4.69, 9.17) is 14.4 Å². The second-order valence-electron chi connectivity index (χ2n) is 7.97. The Bertz CT molecular complexity index is 729. The fourth-order valence-electron chi connectivity index (χ4n) is 2.72. The molecule has 2 aromatic rings. The van der Waals surface area contributed by atoms with Gasteiger partial charge in [0.15, 0.2) is 0 Å². The van der Waals surface area contributed by atoms with Crippen LogP contribution < -0.4 is 11.0 Å². The highest BCUT2D eigenvalue weighted by Crippen LogP contribution is 2.10. The zero-order valence-electron chi connectivity index (χ0n) is 18.5. The van der Waals surface area contributed by atoms with E-state index in [1.165, 1.54) is 0 Å². The standard InChI is InChI=1S/C24H32N2O5/c1-17(2)21(25-29-15-19-11-7-5-8-12-19)23(27)31-24(28)22(18(3)4)26-30-16-20-13-9-6-10-14-20/h5-14,17-18,21-22,25-26H,15-16H2,1-4H3/t21-,22-/m0/s1. The Morgan fingerprint density at radius 3 is 1.35 bits per heavy atom. The first-order chi connectivity index (χ1) is 14.9. The molecule has 2 atom stereocenters. The van der Waals surface area contributed by atoms with Gasteiger partial charge in [0.25, 0.3) is 0 Å². The highest BCUT2D eigenvalue weighted by atomic mass is 16.7. The van der Waals surface area contributed by atoms with E-state index in [0.29, 0.717) is 0 Å². The molecule has 168 valence electrons. The molecule has 0 unspecified atom stereocenters. The molecule has 0 heterocycles. The zero-order valence-corrected chi connectivity index (χ0v) is 18.5. The van der Waals surface area contributed by atoms with Gasteiger partial charge in [-0.1, -0.05) is 88.4 Å². The van der Waals surface area contributed by atoms with E-state index in [-0.39, 0.29) is 25.0 Å². The van der Waals surface area contributed by atoms with Gasteiger partial charge in [-0.15, -0.1) is 0 Å². The fraction of sp³-hybridized carbons (Fsp3) is 0.417. The number of hydrogen-bond donors (Lipinski definition) is 2. The molecule has 7 heteroatoms. The quantitative estimate of drug-likeness (QED) is 0.304. The molecule has 31 heavy (non-hydrogen) atoms. The predicted octanol–water partition coefficient (Wildman–Crippen LogP) is 3.55. The number of carbonyl (C=O) groups excluding carboxylic acids is 2. The van der Waals surface area contributed by atoms with Gasteiger partial charge in [-0.2, -0.15) is 11.0 Å². The summed E-state index contributed by atoms with van der Waals surface area (Å²) in [5.41, 5.74) is 7.37. The molecular formula is C24H32N2O5. The first kappa shape index (κ1) is 24.7. The Morgan fingerprint density at radius 1 is 0.677 bits per heavy atom. The lowest BCUT2D eigenvalue weighted by atomic mass is 10.0. The summed E-state index contributed by atoms with van der Waals surface area (Å²) in [5.74, 6) is -1.67. The van der Waals surface area contributed by atoms with Gasteiger partial charge >= 0.3 is 11.9 Å². The third-order valence-corrected chi connectivity index (χ3v) is 4.63. The average molecular weight is 429 g/mol. The van der Waals surface area contributed by atoms with Crippen molar-refractivity contribution in [2.75, 3.05) is 0 Å². The van der Waals surface area contributed by atoms with E-state index in [2.05, 4.69) is 11.0 Å². The van der Waals surface area contributed by atoms with Gasteiger partial charge in [-0.05, 0) is 23.0 Å². The van der Waals surface area contributed by atoms with Crippen LogP contribution in [0.15, 0.2) is 60.7 Å². The van der Waals surface area contributed by atoms with Gasteiger partial charge in [0, 0.05) is 0 Å². The van der Waals surface area contributed by atoms with Crippen LogP contribution in [0.5, 0.6) is 0 Å². The number of hydrogen-bond acceptors (Lipinski definition) is 7. The lowest BCUT2D eigenvalue weighted by molar-refractivity contribution is -0.170. The van der Waals surface area contributed by atoms with Crippen molar-refractivity contribution >= 4 is 11.9 Å². The summed E-state index contributed by atoms with van der Waals surface area (Å²) >= 11 is 0. The lowest BCUT2D eigenvalue weighted by Crippen LogP contribution is -2.47. The van der Waals surface area contributed by atoms with Crippen molar-refractivity contribution in [3.8, 4) is 0 Å². The molecule has 0 radical (unpaired) electrons. The first-order valence-corrected chi connectivity index (χ1v) is 10.5. The van der Waals surface area contributed by atoms with Crippen molar-refractivity contribution in [3.63, 3.8) is 0 Å². The number of nitrogens with one attached hydrogen (secondary N) is 2. The maximum absolute atomic E-state index is 12.6. The number of esters is 2. The van der Waals surface area contributed by atoms with Gasteiger partial charge < -0.3 is 4.74 Å². The largest absolute Gasteiger partial charge is 0.391 e. The van der Waals surface area contributed by atoms with E-state index in [1.807, 2.05) is 88.4 Å². The minimum atomic E-state index is -0.786. The second-order valence-corrected chi connectivity index (χ2v) is 7.97. The second kappa shape index (κ2) is 13.0. The van der Waals surface area contributed by atoms with Crippen molar-refractivity contribution in [3.05, 3.63) is 71.8 Å². The van der Waals surface area contributed by atoms with Crippen molar-refractivity contribution in [2.24, 2.45) is 11.8 Å². The SMILES string of the molecule is CC(C)[C@H](NOCc1ccccc1)C(=O)OC(=O)[C@@H](NOCc1ccccc1)C(C)C. The van der Waals surface area contributed by atoms with Crippen molar-refractivity contribution in [1.29, 1.82) is 0 Å². The van der Waals surface area contributed by atoms with Crippen molar-refractivity contribution < 1.29 is 24.0 Å². The molecule has 0 aromatic heterocycles. The van der Waals surface area contributed by atoms with Gasteiger partial charge in [0.1, 0.15) is 12.1 Å². The number of carbonyl (C=O) groups is 2. The minimum Gasteiger partial charge on any atom is -0.391 e. The Hall–Kier alpha value is -2.58. The van der Waals surface area contributed by atoms with Crippen LogP contribution in [0, 0.1) is 11.8 Å². The summed E-state index contributed by atoms with van der Waals surface area (Å²) in [6, 6.07) is 17.6. The Kier molecular flexibility index (Phi) is 10.3. The zero-order chi connectivity index (χ0) is 22.6. The third-order valence-electron chi connectivity index (χ3n) is 4.63. The number of rotatable bonds is 12. The molecular weight excluding hydrogens is 396 g/mol. The molecule has 2 N–H and O–H groups in total. The normalized spacial score (nSPS) is 13.2. The summed E-state index contributed by atoms with van der Waals surface area (Å²) in [5, 5.41) is 0. The van der Waals surface area contributed by atoms with Gasteiger partial charge in [0.2, 0.25) is 0 Å². The van der Waals surface area contributed by atoms with Crippen LogP contribution in [0.1, 0.15) is 38.8 Å². The van der Waals surface area contributed by atoms with Crippen LogP contribution in [0.25, 0.3) is 0 Å². The summed E-state index contributed by atoms with van der Waals surface area (Å²) in [6.07, 6.45) is 0. The van der Waals surface area contributed by atoms with E-state index >= 15 is 0 Å². The molecule has 0 spiro atoms. The maximum Gasteiger partial charge on any atom is 0.333 e. The van der Waals surface area contributed by atoms with E-state index in [1.54, 1.807) is 0 Å². The summed E-state index contributed by atoms with van der Waals surface area (Å²) < 4.78 is 5.14. The van der Waals surface area contributed by atoms with Crippen LogP contribution in [0.4, 0.5) is 0 Å². The number of hydroxylamine groups is 2. The average Bonchev–Trinajstić information content (AvgIpc) is 2.75. The van der Waals surface area contributed by atoms with E-state index in [0.717, 1.165) is 11.1 Å². The smallest absolute Gasteiger partial charge is 0.333 e. The lowest BCUT2D eigenvalue weighted by Gasteiger charge is -2.23. The summed E-state index contributed by atoms with van der Waals surface area (Å²) in [6.45, 7) is 7.95. The molecule has 0 aliphatic heterocycles. The van der Waals surface area contributed by atoms with Crippen LogP contribution in [0.2, 0.25) is 0 Å². The van der Waals surface area contributed by atoms with Crippen LogP contribution in [-0.4, -0.2) is 24.0 Å². The maximum atomic E-state index is 12.6. The van der Waals surface area contributed by atoms with Gasteiger partial charge in [-0.3, -0.25) is 9.68 Å². The molecule has 0 aliphatic carbocycles. The molecule has 0 amide bonds. The van der Waals surface area contributed by atoms with E-state index < -0.39 is 24.0 Å². The Morgan fingerprint density at radius 2 is 1.03 bits per heavy atom. The molecule has 0 aliphatic rings. The first-order valence-electron chi connectivity index (χ1n) is 10.5. The molecule has 0 bridgehead atoms. The van der Waals surface area contributed by atoms with Gasteiger partial charge in [0.05, 0.1) is 13.2 Å². The minimum absolute atomic E-state index is 0.143. The van der Waals surface area contributed by atoms with Crippen LogP contribution >= 0.6 is 0 Å².